The molecule has 168 valence electrons. The van der Waals surface area contributed by atoms with E-state index >= 15 is 0 Å². The third-order valence-electron chi connectivity index (χ3n) is 8.03. The quantitative estimate of drug-likeness (QED) is 0.224. The van der Waals surface area contributed by atoms with E-state index in [9.17, 15) is 0 Å². The van der Waals surface area contributed by atoms with Crippen LogP contribution in [0.4, 0.5) is 0 Å². The zero-order valence-corrected chi connectivity index (χ0v) is 20.5. The minimum atomic E-state index is 0.994. The number of hydrogen-bond donors (Lipinski definition) is 0. The van der Waals surface area contributed by atoms with Crippen LogP contribution in [0.1, 0.15) is 22.3 Å². The topological polar surface area (TPSA) is 13.1 Å². The van der Waals surface area contributed by atoms with Crippen molar-refractivity contribution in [2.75, 3.05) is 0 Å². The molecule has 1 heterocycles. The van der Waals surface area contributed by atoms with Crippen molar-refractivity contribution in [3.8, 4) is 44.5 Å². The van der Waals surface area contributed by atoms with Crippen LogP contribution in [-0.2, 0) is 0 Å². The van der Waals surface area contributed by atoms with Crippen molar-refractivity contribution in [1.82, 2.24) is 0 Å². The summed E-state index contributed by atoms with van der Waals surface area (Å²) in [6.07, 6.45) is 0. The molecular formula is C34H26O. The van der Waals surface area contributed by atoms with Crippen molar-refractivity contribution in [1.29, 1.82) is 0 Å². The first kappa shape index (κ1) is 20.3. The Labute approximate surface area is 205 Å². The van der Waals surface area contributed by atoms with Gasteiger partial charge in [-0.3, -0.25) is 0 Å². The lowest BCUT2D eigenvalue weighted by molar-refractivity contribution is 0.662. The smallest absolute Gasteiger partial charge is 0.139 e. The molecule has 0 amide bonds. The fourth-order valence-electron chi connectivity index (χ4n) is 6.02. The first-order chi connectivity index (χ1) is 17.0. The molecular weight excluding hydrogens is 424 g/mol. The van der Waals surface area contributed by atoms with E-state index in [0.717, 1.165) is 11.2 Å². The molecule has 1 aromatic heterocycles. The minimum absolute atomic E-state index is 0.994. The van der Waals surface area contributed by atoms with Crippen molar-refractivity contribution < 1.29 is 4.42 Å². The van der Waals surface area contributed by atoms with Crippen molar-refractivity contribution in [3.05, 3.63) is 107 Å². The zero-order chi connectivity index (χ0) is 23.8. The summed E-state index contributed by atoms with van der Waals surface area (Å²) in [5, 5.41) is 2.41. The highest BCUT2D eigenvalue weighted by molar-refractivity contribution is 6.14. The Hall–Kier alpha value is -4.10. The third-order valence-corrected chi connectivity index (χ3v) is 8.03. The first-order valence-corrected chi connectivity index (χ1v) is 12.3. The van der Waals surface area contributed by atoms with Crippen LogP contribution in [-0.4, -0.2) is 0 Å². The molecule has 7 rings (SSSR count). The van der Waals surface area contributed by atoms with Gasteiger partial charge < -0.3 is 4.42 Å². The third kappa shape index (κ3) is 2.70. The molecule has 0 atom stereocenters. The van der Waals surface area contributed by atoms with Gasteiger partial charge in [0.2, 0.25) is 0 Å². The predicted octanol–water partition coefficient (Wildman–Crippen LogP) is 9.80. The van der Waals surface area contributed by atoms with Crippen LogP contribution in [0.2, 0.25) is 0 Å². The van der Waals surface area contributed by atoms with Gasteiger partial charge in [0.15, 0.2) is 0 Å². The van der Waals surface area contributed by atoms with Crippen LogP contribution < -0.4 is 0 Å². The fourth-order valence-corrected chi connectivity index (χ4v) is 6.02. The summed E-state index contributed by atoms with van der Waals surface area (Å²) in [5.74, 6) is 0. The zero-order valence-electron chi connectivity index (χ0n) is 20.5. The highest BCUT2D eigenvalue weighted by atomic mass is 16.3. The molecule has 6 aromatic rings. The molecule has 0 N–H and O–H groups in total. The maximum Gasteiger partial charge on any atom is 0.139 e. The maximum absolute atomic E-state index is 6.66. The summed E-state index contributed by atoms with van der Waals surface area (Å²) in [5.41, 5.74) is 17.2. The lowest BCUT2D eigenvalue weighted by atomic mass is 9.79. The van der Waals surface area contributed by atoms with E-state index in [1.807, 2.05) is 0 Å². The number of fused-ring (bicyclic) bond motifs is 11. The van der Waals surface area contributed by atoms with Crippen LogP contribution in [0.3, 0.4) is 0 Å². The van der Waals surface area contributed by atoms with Gasteiger partial charge in [-0.05, 0) is 101 Å². The standard InChI is InChI=1S/C34H26O/c1-19-17-30-31-18-29-27-15-8-7-13-25(27)23-11-5-6-12-24(23)26-14-9-10-16-28(26)32(29)22(4)34(31)35-33(30)21(3)20(19)2/h5-18H,1-4H3. The molecule has 1 heteroatoms. The Morgan fingerprint density at radius 1 is 0.429 bits per heavy atom. The van der Waals surface area contributed by atoms with Gasteiger partial charge in [0.25, 0.3) is 0 Å². The second-order valence-electron chi connectivity index (χ2n) is 9.86. The Morgan fingerprint density at radius 3 is 1.43 bits per heavy atom. The van der Waals surface area contributed by atoms with Crippen molar-refractivity contribution in [2.24, 2.45) is 0 Å². The SMILES string of the molecule is Cc1cc2c(oc3c(C)c4c(cc32)-c2ccccc2-c2ccccc2-c2ccccc2-4)c(C)c1C. The molecule has 0 saturated carbocycles. The van der Waals surface area contributed by atoms with Crippen molar-refractivity contribution >= 4 is 21.9 Å². The normalized spacial score (nSPS) is 12.0. The van der Waals surface area contributed by atoms with E-state index in [0.29, 0.717) is 0 Å². The molecule has 1 nitrogen and oxygen atoms in total. The average Bonchev–Trinajstić information content (AvgIpc) is 3.25. The monoisotopic (exact) mass is 450 g/mol. The number of rotatable bonds is 0. The molecule has 0 saturated heterocycles. The highest BCUT2D eigenvalue weighted by Crippen LogP contribution is 2.51. The van der Waals surface area contributed by atoms with Crippen LogP contribution in [0.15, 0.2) is 89.3 Å². The van der Waals surface area contributed by atoms with E-state index in [2.05, 4.69) is 113 Å². The Bertz CT molecular complexity index is 1830. The van der Waals surface area contributed by atoms with E-state index in [-0.39, 0.29) is 0 Å². The molecule has 0 bridgehead atoms. The molecule has 0 aliphatic heterocycles. The van der Waals surface area contributed by atoms with Gasteiger partial charge in [-0.25, -0.2) is 0 Å². The highest BCUT2D eigenvalue weighted by Gasteiger charge is 2.26. The predicted molar refractivity (Wildman–Crippen MR) is 148 cm³/mol. The van der Waals surface area contributed by atoms with E-state index in [1.165, 1.54) is 77.5 Å². The molecule has 0 radical (unpaired) electrons. The van der Waals surface area contributed by atoms with Crippen LogP contribution in [0.5, 0.6) is 0 Å². The molecule has 1 aliphatic carbocycles. The summed E-state index contributed by atoms with van der Waals surface area (Å²) in [6.45, 7) is 8.79. The average molecular weight is 451 g/mol. The minimum Gasteiger partial charge on any atom is -0.455 e. The summed E-state index contributed by atoms with van der Waals surface area (Å²) in [4.78, 5) is 0. The van der Waals surface area contributed by atoms with E-state index in [4.69, 9.17) is 4.42 Å². The Kier molecular flexibility index (Phi) is 4.17. The van der Waals surface area contributed by atoms with E-state index in [1.54, 1.807) is 0 Å². The van der Waals surface area contributed by atoms with Gasteiger partial charge in [-0.1, -0.05) is 72.8 Å². The molecule has 0 fully saturated rings. The first-order valence-electron chi connectivity index (χ1n) is 12.3. The van der Waals surface area contributed by atoms with Gasteiger partial charge in [-0.15, -0.1) is 0 Å². The maximum atomic E-state index is 6.66. The number of aryl methyl sites for hydroxylation is 3. The van der Waals surface area contributed by atoms with E-state index < -0.39 is 0 Å². The number of furan rings is 1. The van der Waals surface area contributed by atoms with Crippen LogP contribution in [0, 0.1) is 27.7 Å². The summed E-state index contributed by atoms with van der Waals surface area (Å²) < 4.78 is 6.66. The van der Waals surface area contributed by atoms with Crippen molar-refractivity contribution in [2.45, 2.75) is 27.7 Å². The molecule has 0 spiro atoms. The Morgan fingerprint density at radius 2 is 0.857 bits per heavy atom. The second kappa shape index (κ2) is 7.20. The van der Waals surface area contributed by atoms with Gasteiger partial charge in [-0.2, -0.15) is 0 Å². The van der Waals surface area contributed by atoms with Gasteiger partial charge in [0.1, 0.15) is 11.2 Å². The molecule has 35 heavy (non-hydrogen) atoms. The largest absolute Gasteiger partial charge is 0.455 e. The van der Waals surface area contributed by atoms with Gasteiger partial charge >= 0.3 is 0 Å². The Balaban J connectivity index is 1.72. The van der Waals surface area contributed by atoms with Crippen LogP contribution in [0.25, 0.3) is 66.4 Å². The van der Waals surface area contributed by atoms with Gasteiger partial charge in [0, 0.05) is 16.3 Å². The summed E-state index contributed by atoms with van der Waals surface area (Å²) >= 11 is 0. The molecule has 5 aromatic carbocycles. The number of benzene rings is 5. The fraction of sp³-hybridized carbons (Fsp3) is 0.118. The van der Waals surface area contributed by atoms with Gasteiger partial charge in [0.05, 0.1) is 0 Å². The van der Waals surface area contributed by atoms with Crippen molar-refractivity contribution in [3.63, 3.8) is 0 Å². The molecule has 1 aliphatic rings. The number of hydrogen-bond acceptors (Lipinski definition) is 1. The lowest BCUT2D eigenvalue weighted by Crippen LogP contribution is -1.98. The molecule has 0 unspecified atom stereocenters. The summed E-state index contributed by atoms with van der Waals surface area (Å²) in [6, 6.07) is 31.1. The second-order valence-corrected chi connectivity index (χ2v) is 9.86. The van der Waals surface area contributed by atoms with Crippen LogP contribution >= 0.6 is 0 Å². The summed E-state index contributed by atoms with van der Waals surface area (Å²) in [7, 11) is 0. The lowest BCUT2D eigenvalue weighted by Gasteiger charge is -2.24.